The summed E-state index contributed by atoms with van der Waals surface area (Å²) in [6.07, 6.45) is 0. The maximum absolute atomic E-state index is 8.52. The molecule has 0 aliphatic rings. The molecule has 0 fully saturated rings. The number of hydrogen-bond donors (Lipinski definition) is 0. The predicted molar refractivity (Wildman–Crippen MR) is 3.61 cm³/mol. The van der Waals surface area contributed by atoms with E-state index in [0.717, 1.165) is 0 Å². The van der Waals surface area contributed by atoms with Gasteiger partial charge in [-0.3, -0.25) is 0 Å². The number of halogens is 1. The van der Waals surface area contributed by atoms with Crippen molar-refractivity contribution in [3.05, 3.63) is 0 Å². The Kier molecular flexibility index (Phi) is 25.0. The maximum Gasteiger partial charge on any atom is 1.00 e. The Hall–Kier alpha value is 1.32. The molecule has 0 aromatic carbocycles. The van der Waals surface area contributed by atoms with Crippen LogP contribution in [0.15, 0.2) is 0 Å². The first-order chi connectivity index (χ1) is 1.73. The van der Waals surface area contributed by atoms with E-state index in [9.17, 15) is 0 Å². The average Bonchev–Trinajstić information content (AvgIpc) is 0.811. The Morgan fingerprint density at radius 3 is 1.00 bits per heavy atom. The Labute approximate surface area is 62.2 Å². The zero-order valence-electron chi connectivity index (χ0n) is 3.10. The van der Waals surface area contributed by atoms with Crippen molar-refractivity contribution in [2.24, 2.45) is 0 Å². The second-order valence-corrected chi connectivity index (χ2v) is 0.982. The van der Waals surface area contributed by atoms with Crippen LogP contribution >= 0.6 is 0 Å². The van der Waals surface area contributed by atoms with Gasteiger partial charge in [-0.2, -0.15) is 0 Å². The minimum atomic E-state index is -3.65. The van der Waals surface area contributed by atoms with Gasteiger partial charge in [-0.25, -0.2) is 0 Å². The summed E-state index contributed by atoms with van der Waals surface area (Å²) in [6.45, 7) is 0. The van der Waals surface area contributed by atoms with Crippen LogP contribution in [0.2, 0.25) is 0 Å². The van der Waals surface area contributed by atoms with Crippen molar-refractivity contribution >= 4 is 0 Å². The molecule has 4 nitrogen and oxygen atoms in total. The third kappa shape index (κ3) is 57.0. The quantitative estimate of drug-likeness (QED) is 0.336. The molecule has 0 saturated carbocycles. The van der Waals surface area contributed by atoms with Gasteiger partial charge in [-0.15, -0.1) is 0 Å². The first-order valence-corrected chi connectivity index (χ1v) is 2.41. The molecule has 0 bridgehead atoms. The smallest absolute Gasteiger partial charge is 0.412 e. The van der Waals surface area contributed by atoms with Crippen molar-refractivity contribution in [3.63, 3.8) is 0 Å². The van der Waals surface area contributed by atoms with Crippen LogP contribution < -0.4 is 42.2 Å². The van der Waals surface area contributed by atoms with Crippen molar-refractivity contribution in [1.29, 1.82) is 0 Å². The van der Waals surface area contributed by atoms with Crippen molar-refractivity contribution in [1.82, 2.24) is 0 Å². The molecule has 0 radical (unpaired) electrons. The second-order valence-electron chi connectivity index (χ2n) is 0.189. The molecule has 6 heavy (non-hydrogen) atoms. The Bertz CT molecular complexity index is 12.3. The van der Waals surface area contributed by atoms with Gasteiger partial charge in [0.05, 0.1) is 0 Å². The van der Waals surface area contributed by atoms with Gasteiger partial charge in [-0.05, 0) is 0 Å². The van der Waals surface area contributed by atoms with Crippen LogP contribution in [0.3, 0.4) is 0 Å². The molecule has 0 unspecified atom stereocenters. The van der Waals surface area contributed by atoms with Crippen LogP contribution in [-0.2, 0) is 0 Å². The van der Waals surface area contributed by atoms with Crippen LogP contribution in [0.4, 0.5) is 0 Å². The van der Waals surface area contributed by atoms with Gasteiger partial charge >= 0.3 is 29.6 Å². The molecule has 0 aromatic heterocycles. The minimum absolute atomic E-state index is 0. The fourth-order valence-electron chi connectivity index (χ4n) is 0. The minimum Gasteiger partial charge on any atom is -0.412 e. The fourth-order valence-corrected chi connectivity index (χ4v) is 0. The second kappa shape index (κ2) is 9.58. The Morgan fingerprint density at radius 2 is 1.00 bits per heavy atom. The first-order valence-electron chi connectivity index (χ1n) is 0.463. The SMILES string of the molecule is O.[Na+].[O-][Br+2]([O-])[O-]. The largest absolute Gasteiger partial charge is 1.00 e. The third-order valence-electron chi connectivity index (χ3n) is 0. The summed E-state index contributed by atoms with van der Waals surface area (Å²) in [7, 11) is 0. The van der Waals surface area contributed by atoms with Crippen molar-refractivity contribution < 1.29 is 62.4 Å². The summed E-state index contributed by atoms with van der Waals surface area (Å²) in [5.41, 5.74) is 0. The summed E-state index contributed by atoms with van der Waals surface area (Å²) < 4.78 is 25.6. The van der Waals surface area contributed by atoms with Crippen LogP contribution in [0, 0.1) is 14.8 Å². The van der Waals surface area contributed by atoms with Crippen molar-refractivity contribution in [2.45, 2.75) is 0 Å². The van der Waals surface area contributed by atoms with E-state index >= 15 is 0 Å². The monoisotopic (exact) mass is 168 g/mol. The summed E-state index contributed by atoms with van der Waals surface area (Å²) in [4.78, 5) is 0. The molecular weight excluding hydrogens is 167 g/mol. The third-order valence-corrected chi connectivity index (χ3v) is 0. The molecule has 0 atom stereocenters. The van der Waals surface area contributed by atoms with E-state index in [4.69, 9.17) is 12.6 Å². The van der Waals surface area contributed by atoms with Gasteiger partial charge in [0.2, 0.25) is 14.8 Å². The zero-order valence-corrected chi connectivity index (χ0v) is 6.69. The Balaban J connectivity index is -0.0000000450. The average molecular weight is 169 g/mol. The van der Waals surface area contributed by atoms with Gasteiger partial charge in [0, 0.05) is 0 Å². The van der Waals surface area contributed by atoms with Gasteiger partial charge < -0.3 is 18.1 Å². The van der Waals surface area contributed by atoms with Crippen molar-refractivity contribution in [2.75, 3.05) is 0 Å². The molecule has 0 aliphatic heterocycles. The fraction of sp³-hybridized carbons (Fsp3) is 0. The van der Waals surface area contributed by atoms with E-state index in [1.165, 1.54) is 0 Å². The van der Waals surface area contributed by atoms with Gasteiger partial charge in [0.15, 0.2) is 0 Å². The van der Waals surface area contributed by atoms with Gasteiger partial charge in [-0.1, -0.05) is 0 Å². The summed E-state index contributed by atoms with van der Waals surface area (Å²) in [5.74, 6) is 0. The predicted octanol–water partition coefficient (Wildman–Crippen LogP) is -7.39. The van der Waals surface area contributed by atoms with E-state index in [1.54, 1.807) is 0 Å². The first kappa shape index (κ1) is 15.7. The molecule has 0 saturated heterocycles. The summed E-state index contributed by atoms with van der Waals surface area (Å²) in [5, 5.41) is 0. The summed E-state index contributed by atoms with van der Waals surface area (Å²) in [6, 6.07) is 0. The molecule has 0 amide bonds. The standard InChI is InChI=1S/BrO3.Na.H2O/c2-1(3)4;;/h;;1H2/q-1;+1;. The van der Waals surface area contributed by atoms with E-state index in [-0.39, 0.29) is 35.0 Å². The van der Waals surface area contributed by atoms with E-state index in [2.05, 4.69) is 0 Å². The molecular formula is H2BrNaO4. The van der Waals surface area contributed by atoms with Crippen LogP contribution in [-0.4, -0.2) is 5.48 Å². The van der Waals surface area contributed by atoms with Crippen molar-refractivity contribution in [3.8, 4) is 0 Å². The normalized spacial score (nSPS) is 6.00. The zero-order chi connectivity index (χ0) is 3.58. The van der Waals surface area contributed by atoms with Crippen LogP contribution in [0.5, 0.6) is 0 Å². The molecule has 0 aromatic rings. The molecule has 0 heterocycles. The van der Waals surface area contributed by atoms with E-state index < -0.39 is 14.8 Å². The summed E-state index contributed by atoms with van der Waals surface area (Å²) >= 11 is -3.65. The molecule has 34 valence electrons. The topological polar surface area (TPSA) is 101 Å². The molecule has 0 aliphatic carbocycles. The van der Waals surface area contributed by atoms with E-state index in [1.807, 2.05) is 0 Å². The van der Waals surface area contributed by atoms with Gasteiger partial charge in [0.1, 0.15) is 0 Å². The molecule has 0 spiro atoms. The van der Waals surface area contributed by atoms with Crippen LogP contribution in [0.25, 0.3) is 0 Å². The van der Waals surface area contributed by atoms with E-state index in [0.29, 0.717) is 0 Å². The van der Waals surface area contributed by atoms with Gasteiger partial charge in [0.25, 0.3) is 0 Å². The van der Waals surface area contributed by atoms with Crippen LogP contribution in [0.1, 0.15) is 0 Å². The molecule has 6 heteroatoms. The maximum atomic E-state index is 8.52. The molecule has 2 N–H and O–H groups in total. The Morgan fingerprint density at radius 1 is 1.00 bits per heavy atom. The number of rotatable bonds is 0. The molecule has 0 rings (SSSR count). The number of hydrogen-bond acceptors (Lipinski definition) is 3.